The van der Waals surface area contributed by atoms with E-state index in [1.54, 1.807) is 0 Å². The maximum absolute atomic E-state index is 12.2. The van der Waals surface area contributed by atoms with Crippen molar-refractivity contribution < 1.29 is 9.53 Å². The second-order valence-corrected chi connectivity index (χ2v) is 8.35. The van der Waals surface area contributed by atoms with E-state index in [0.29, 0.717) is 18.1 Å². The highest BCUT2D eigenvalue weighted by Gasteiger charge is 2.20. The van der Waals surface area contributed by atoms with Crippen molar-refractivity contribution in [1.29, 1.82) is 0 Å². The maximum atomic E-state index is 12.2. The third kappa shape index (κ3) is 6.59. The van der Waals surface area contributed by atoms with Crippen LogP contribution in [0.3, 0.4) is 0 Å². The van der Waals surface area contributed by atoms with Crippen LogP contribution in [0.4, 0.5) is 0 Å². The molecule has 3 rings (SSSR count). The average Bonchev–Trinajstić information content (AvgIpc) is 2.74. The lowest BCUT2D eigenvalue weighted by Gasteiger charge is -2.19. The summed E-state index contributed by atoms with van der Waals surface area (Å²) in [5.74, 6) is 1.78. The van der Waals surface area contributed by atoms with Crippen molar-refractivity contribution in [2.75, 3.05) is 6.61 Å². The number of rotatable bonds is 9. The Bertz CT molecular complexity index is 799. The molecular formula is C27H34O2. The predicted octanol–water partition coefficient (Wildman–Crippen LogP) is 7.48. The zero-order valence-electron chi connectivity index (χ0n) is 18.0. The van der Waals surface area contributed by atoms with Crippen LogP contribution in [0.2, 0.25) is 0 Å². The van der Waals surface area contributed by atoms with Gasteiger partial charge < -0.3 is 4.74 Å². The van der Waals surface area contributed by atoms with Gasteiger partial charge in [-0.15, -0.1) is 0 Å². The number of carbonyl (C=O) groups excluding carboxylic acids is 1. The van der Waals surface area contributed by atoms with E-state index in [-0.39, 0.29) is 0 Å². The average molecular weight is 391 g/mol. The number of unbranched alkanes of at least 4 members (excludes halogenated alkanes) is 4. The van der Waals surface area contributed by atoms with E-state index < -0.39 is 0 Å². The molecule has 29 heavy (non-hydrogen) atoms. The van der Waals surface area contributed by atoms with E-state index >= 15 is 0 Å². The minimum absolute atomic E-state index is 0.314. The fourth-order valence-electron chi connectivity index (χ4n) is 3.86. The van der Waals surface area contributed by atoms with E-state index in [1.165, 1.54) is 36.8 Å². The van der Waals surface area contributed by atoms with Gasteiger partial charge in [-0.05, 0) is 65.7 Å². The molecule has 0 heterocycles. The lowest BCUT2D eigenvalue weighted by molar-refractivity contribution is -0.117. The van der Waals surface area contributed by atoms with Crippen molar-refractivity contribution in [3.8, 4) is 16.9 Å². The van der Waals surface area contributed by atoms with Gasteiger partial charge in [-0.25, -0.2) is 0 Å². The van der Waals surface area contributed by atoms with Crippen LogP contribution in [0.5, 0.6) is 5.75 Å². The number of hydrogen-bond acceptors (Lipinski definition) is 2. The van der Waals surface area contributed by atoms with Crippen molar-refractivity contribution in [3.63, 3.8) is 0 Å². The zero-order chi connectivity index (χ0) is 20.5. The van der Waals surface area contributed by atoms with Crippen LogP contribution in [0, 0.1) is 5.92 Å². The van der Waals surface area contributed by atoms with Crippen molar-refractivity contribution in [2.45, 2.75) is 65.2 Å². The first-order valence-corrected chi connectivity index (χ1v) is 11.2. The smallest absolute Gasteiger partial charge is 0.159 e. The molecule has 2 aromatic carbocycles. The maximum Gasteiger partial charge on any atom is 0.159 e. The Kier molecular flexibility index (Phi) is 8.10. The number of carbonyl (C=O) groups is 1. The summed E-state index contributed by atoms with van der Waals surface area (Å²) < 4.78 is 5.86. The zero-order valence-corrected chi connectivity index (χ0v) is 18.0. The standard InChI is InChI=1S/C27H34O2/c1-3-4-5-6-7-18-29-26-16-14-24(15-17-26)23-12-9-22(10-13-23)20-25-11-8-21(2)19-27(25)28/h9-10,12-17,20-21H,3-8,11,18-19H2,1-2H3/b25-20-/t21-/m1/s1. The first-order chi connectivity index (χ1) is 14.2. The van der Waals surface area contributed by atoms with Crippen LogP contribution < -0.4 is 4.74 Å². The van der Waals surface area contributed by atoms with Gasteiger partial charge in [0.2, 0.25) is 0 Å². The Morgan fingerprint density at radius 3 is 2.24 bits per heavy atom. The molecule has 1 atom stereocenters. The van der Waals surface area contributed by atoms with Crippen LogP contribution >= 0.6 is 0 Å². The van der Waals surface area contributed by atoms with Crippen molar-refractivity contribution >= 4 is 11.9 Å². The Balaban J connectivity index is 1.54. The quantitative estimate of drug-likeness (QED) is 0.328. The Labute approximate surface area is 176 Å². The molecule has 0 spiro atoms. The largest absolute Gasteiger partial charge is 0.494 e. The molecule has 0 aromatic heterocycles. The fraction of sp³-hybridized carbons (Fsp3) is 0.444. The minimum atomic E-state index is 0.314. The SMILES string of the molecule is CCCCCCCOc1ccc(-c2ccc(/C=C3/CC[C@@H](C)CC3=O)cc2)cc1. The van der Waals surface area contributed by atoms with Gasteiger partial charge in [0.1, 0.15) is 5.75 Å². The van der Waals surface area contributed by atoms with E-state index in [0.717, 1.165) is 42.8 Å². The third-order valence-corrected chi connectivity index (χ3v) is 5.75. The third-order valence-electron chi connectivity index (χ3n) is 5.75. The molecule has 1 aliphatic carbocycles. The first kappa shape index (κ1) is 21.4. The molecule has 0 saturated heterocycles. The Morgan fingerprint density at radius 1 is 0.931 bits per heavy atom. The Hall–Kier alpha value is -2.35. The molecule has 2 heteroatoms. The van der Waals surface area contributed by atoms with Crippen molar-refractivity contribution in [2.24, 2.45) is 5.92 Å². The van der Waals surface area contributed by atoms with Gasteiger partial charge in [-0.1, -0.05) is 75.9 Å². The molecule has 1 fully saturated rings. The van der Waals surface area contributed by atoms with Gasteiger partial charge in [-0.3, -0.25) is 4.79 Å². The summed E-state index contributed by atoms with van der Waals surface area (Å²) in [6, 6.07) is 16.8. The van der Waals surface area contributed by atoms with Crippen LogP contribution in [0.1, 0.15) is 70.8 Å². The van der Waals surface area contributed by atoms with Crippen LogP contribution in [0.25, 0.3) is 17.2 Å². The van der Waals surface area contributed by atoms with Gasteiger partial charge in [0, 0.05) is 6.42 Å². The monoisotopic (exact) mass is 390 g/mol. The molecule has 0 amide bonds. The summed E-state index contributed by atoms with van der Waals surface area (Å²) in [4.78, 5) is 12.2. The van der Waals surface area contributed by atoms with E-state index in [1.807, 2.05) is 0 Å². The predicted molar refractivity (Wildman–Crippen MR) is 122 cm³/mol. The summed E-state index contributed by atoms with van der Waals surface area (Å²) >= 11 is 0. The highest BCUT2D eigenvalue weighted by Crippen LogP contribution is 2.28. The topological polar surface area (TPSA) is 26.3 Å². The normalized spacial score (nSPS) is 18.2. The molecule has 0 unspecified atom stereocenters. The Morgan fingerprint density at radius 2 is 1.59 bits per heavy atom. The van der Waals surface area contributed by atoms with Crippen LogP contribution in [0.15, 0.2) is 54.1 Å². The van der Waals surface area contributed by atoms with E-state index in [4.69, 9.17) is 4.74 Å². The highest BCUT2D eigenvalue weighted by atomic mass is 16.5. The number of ether oxygens (including phenoxy) is 1. The number of ketones is 1. The second-order valence-electron chi connectivity index (χ2n) is 8.35. The van der Waals surface area contributed by atoms with Gasteiger partial charge in [0.25, 0.3) is 0 Å². The summed E-state index contributed by atoms with van der Waals surface area (Å²) in [7, 11) is 0. The van der Waals surface area contributed by atoms with Gasteiger partial charge in [0.15, 0.2) is 5.78 Å². The summed E-state index contributed by atoms with van der Waals surface area (Å²) in [6.07, 6.45) is 11.0. The van der Waals surface area contributed by atoms with E-state index in [2.05, 4.69) is 68.5 Å². The van der Waals surface area contributed by atoms with Gasteiger partial charge in [0.05, 0.1) is 6.61 Å². The second kappa shape index (κ2) is 11.0. The first-order valence-electron chi connectivity index (χ1n) is 11.2. The van der Waals surface area contributed by atoms with Crippen LogP contribution in [-0.2, 0) is 4.79 Å². The lowest BCUT2D eigenvalue weighted by atomic mass is 9.85. The summed E-state index contributed by atoms with van der Waals surface area (Å²) in [5.41, 5.74) is 4.45. The minimum Gasteiger partial charge on any atom is -0.494 e. The molecular weight excluding hydrogens is 356 g/mol. The molecule has 1 aliphatic rings. The number of benzene rings is 2. The molecule has 0 N–H and O–H groups in total. The van der Waals surface area contributed by atoms with Gasteiger partial charge in [-0.2, -0.15) is 0 Å². The molecule has 0 aliphatic heterocycles. The molecule has 2 nitrogen and oxygen atoms in total. The molecule has 2 aromatic rings. The highest BCUT2D eigenvalue weighted by molar-refractivity contribution is 6.00. The number of hydrogen-bond donors (Lipinski definition) is 0. The summed E-state index contributed by atoms with van der Waals surface area (Å²) in [5, 5.41) is 0. The molecule has 154 valence electrons. The van der Waals surface area contributed by atoms with Crippen molar-refractivity contribution in [1.82, 2.24) is 0 Å². The number of Topliss-reactive ketones (excluding diaryl/α,β-unsaturated/α-hetero) is 1. The molecule has 0 radical (unpaired) electrons. The number of allylic oxidation sites excluding steroid dienone is 1. The summed E-state index contributed by atoms with van der Waals surface area (Å²) in [6.45, 7) is 5.19. The van der Waals surface area contributed by atoms with E-state index in [9.17, 15) is 4.79 Å². The molecule has 1 saturated carbocycles. The van der Waals surface area contributed by atoms with Gasteiger partial charge >= 0.3 is 0 Å². The fourth-order valence-corrected chi connectivity index (χ4v) is 3.86. The van der Waals surface area contributed by atoms with Crippen molar-refractivity contribution in [3.05, 3.63) is 59.7 Å². The molecule has 0 bridgehead atoms. The van der Waals surface area contributed by atoms with Crippen LogP contribution in [-0.4, -0.2) is 12.4 Å². The lowest BCUT2D eigenvalue weighted by Crippen LogP contribution is -2.15.